The van der Waals surface area contributed by atoms with Gasteiger partial charge in [0.15, 0.2) is 0 Å². The second-order valence-electron chi connectivity index (χ2n) is 5.68. The molecule has 0 spiro atoms. The molecule has 0 aliphatic heterocycles. The van der Waals surface area contributed by atoms with E-state index in [2.05, 4.69) is 11.4 Å². The predicted molar refractivity (Wildman–Crippen MR) is 93.9 cm³/mol. The van der Waals surface area contributed by atoms with E-state index in [1.807, 2.05) is 31.2 Å². The Hall–Kier alpha value is -2.00. The first kappa shape index (κ1) is 16.4. The molecule has 116 valence electrons. The Labute approximate surface area is 137 Å². The first-order valence-electron chi connectivity index (χ1n) is 7.43. The first-order chi connectivity index (χ1) is 10.1. The lowest BCUT2D eigenvalue weighted by Crippen LogP contribution is -2.16. The second kappa shape index (κ2) is 6.84. The largest absolute Gasteiger partial charge is 0.399 e. The van der Waals surface area contributed by atoms with Crippen molar-refractivity contribution in [1.82, 2.24) is 0 Å². The summed E-state index contributed by atoms with van der Waals surface area (Å²) in [6, 6.07) is 11.6. The minimum absolute atomic E-state index is 0. The Kier molecular flexibility index (Phi) is 5.09. The van der Waals surface area contributed by atoms with Crippen LogP contribution >= 0.6 is 12.4 Å². The Morgan fingerprint density at radius 2 is 1.91 bits per heavy atom. The van der Waals surface area contributed by atoms with Crippen molar-refractivity contribution in [2.24, 2.45) is 0 Å². The van der Waals surface area contributed by atoms with Gasteiger partial charge in [0.1, 0.15) is 0 Å². The zero-order valence-electron chi connectivity index (χ0n) is 12.7. The van der Waals surface area contributed by atoms with Gasteiger partial charge in [-0.3, -0.25) is 4.79 Å². The second-order valence-corrected chi connectivity index (χ2v) is 5.68. The minimum Gasteiger partial charge on any atom is -0.399 e. The highest BCUT2D eigenvalue weighted by atomic mass is 35.5. The van der Waals surface area contributed by atoms with Gasteiger partial charge in [-0.15, -0.1) is 12.4 Å². The predicted octanol–water partition coefficient (Wildman–Crippen LogP) is 4.13. The fourth-order valence-corrected chi connectivity index (χ4v) is 2.97. The summed E-state index contributed by atoms with van der Waals surface area (Å²) in [4.78, 5) is 12.5. The average molecular weight is 317 g/mol. The standard InChI is InChI=1S/C18H20N2O.ClH/c1-12-9-10-14(19)11-16(12)18(21)20-17-8-4-6-13-5-2-3-7-15(13)17;/h4,6,8-11H,2-3,5,7,19H2,1H3,(H,20,21);1H. The highest BCUT2D eigenvalue weighted by Crippen LogP contribution is 2.28. The monoisotopic (exact) mass is 316 g/mol. The number of benzene rings is 2. The van der Waals surface area contributed by atoms with Crippen molar-refractivity contribution in [2.45, 2.75) is 32.6 Å². The van der Waals surface area contributed by atoms with Crippen LogP contribution in [0.3, 0.4) is 0 Å². The number of nitrogen functional groups attached to an aromatic ring is 1. The fraction of sp³-hybridized carbons (Fsp3) is 0.278. The Bertz CT molecular complexity index is 697. The number of halogens is 1. The van der Waals surface area contributed by atoms with Gasteiger partial charge in [-0.05, 0) is 67.5 Å². The molecule has 0 saturated carbocycles. The van der Waals surface area contributed by atoms with E-state index in [0.29, 0.717) is 11.3 Å². The van der Waals surface area contributed by atoms with Crippen LogP contribution in [0.1, 0.15) is 39.9 Å². The molecule has 0 bridgehead atoms. The van der Waals surface area contributed by atoms with Gasteiger partial charge in [-0.25, -0.2) is 0 Å². The fourth-order valence-electron chi connectivity index (χ4n) is 2.97. The number of fused-ring (bicyclic) bond motifs is 1. The maximum Gasteiger partial charge on any atom is 0.256 e. The zero-order valence-corrected chi connectivity index (χ0v) is 13.5. The number of hydrogen-bond acceptors (Lipinski definition) is 2. The molecule has 0 radical (unpaired) electrons. The lowest BCUT2D eigenvalue weighted by Gasteiger charge is -2.20. The number of aryl methyl sites for hydroxylation is 2. The van der Waals surface area contributed by atoms with Gasteiger partial charge < -0.3 is 11.1 Å². The van der Waals surface area contributed by atoms with E-state index >= 15 is 0 Å². The number of carbonyl (C=O) groups is 1. The number of rotatable bonds is 2. The molecule has 1 amide bonds. The van der Waals surface area contributed by atoms with Gasteiger partial charge >= 0.3 is 0 Å². The van der Waals surface area contributed by atoms with Crippen LogP contribution in [0.4, 0.5) is 11.4 Å². The molecule has 1 aliphatic carbocycles. The molecule has 0 saturated heterocycles. The lowest BCUT2D eigenvalue weighted by atomic mass is 9.90. The Morgan fingerprint density at radius 1 is 1.14 bits per heavy atom. The molecule has 3 N–H and O–H groups in total. The smallest absolute Gasteiger partial charge is 0.256 e. The molecule has 3 nitrogen and oxygen atoms in total. The van der Waals surface area contributed by atoms with E-state index in [0.717, 1.165) is 24.1 Å². The van der Waals surface area contributed by atoms with E-state index in [1.165, 1.54) is 24.0 Å². The average Bonchev–Trinajstić information content (AvgIpc) is 2.50. The summed E-state index contributed by atoms with van der Waals surface area (Å²) in [5.74, 6) is -0.0845. The van der Waals surface area contributed by atoms with Crippen molar-refractivity contribution in [1.29, 1.82) is 0 Å². The van der Waals surface area contributed by atoms with Crippen LogP contribution < -0.4 is 11.1 Å². The summed E-state index contributed by atoms with van der Waals surface area (Å²) < 4.78 is 0. The van der Waals surface area contributed by atoms with Crippen molar-refractivity contribution < 1.29 is 4.79 Å². The number of anilines is 2. The minimum atomic E-state index is -0.0845. The molecule has 2 aromatic carbocycles. The molecule has 2 aromatic rings. The third-order valence-corrected chi connectivity index (χ3v) is 4.15. The molecule has 4 heteroatoms. The third-order valence-electron chi connectivity index (χ3n) is 4.15. The summed E-state index contributed by atoms with van der Waals surface area (Å²) in [5, 5.41) is 3.06. The van der Waals surface area contributed by atoms with E-state index in [4.69, 9.17) is 5.73 Å². The quantitative estimate of drug-likeness (QED) is 0.818. The van der Waals surface area contributed by atoms with Gasteiger partial charge in [0.25, 0.3) is 5.91 Å². The SMILES string of the molecule is Cc1ccc(N)cc1C(=O)Nc1cccc2c1CCCC2.Cl. The molecule has 0 atom stereocenters. The van der Waals surface area contributed by atoms with Gasteiger partial charge in [-0.1, -0.05) is 18.2 Å². The molecule has 1 aliphatic rings. The van der Waals surface area contributed by atoms with Crippen molar-refractivity contribution in [3.63, 3.8) is 0 Å². The molecule has 22 heavy (non-hydrogen) atoms. The molecular weight excluding hydrogens is 296 g/mol. The van der Waals surface area contributed by atoms with E-state index in [1.54, 1.807) is 6.07 Å². The van der Waals surface area contributed by atoms with Gasteiger partial charge in [0.05, 0.1) is 0 Å². The number of nitrogens with one attached hydrogen (secondary N) is 1. The Morgan fingerprint density at radius 3 is 2.73 bits per heavy atom. The lowest BCUT2D eigenvalue weighted by molar-refractivity contribution is 0.102. The number of amides is 1. The van der Waals surface area contributed by atoms with Crippen LogP contribution in [-0.4, -0.2) is 5.91 Å². The van der Waals surface area contributed by atoms with Crippen molar-refractivity contribution in [3.05, 3.63) is 58.7 Å². The van der Waals surface area contributed by atoms with Crippen LogP contribution in [0.5, 0.6) is 0 Å². The van der Waals surface area contributed by atoms with Crippen LogP contribution in [0, 0.1) is 6.92 Å². The van der Waals surface area contributed by atoms with E-state index < -0.39 is 0 Å². The normalized spacial score (nSPS) is 13.0. The number of nitrogens with two attached hydrogens (primary N) is 1. The summed E-state index contributed by atoms with van der Waals surface area (Å²) in [6.45, 7) is 1.93. The van der Waals surface area contributed by atoms with Crippen LogP contribution in [0.2, 0.25) is 0 Å². The maximum atomic E-state index is 12.5. The number of carbonyl (C=O) groups excluding carboxylic acids is 1. The van der Waals surface area contributed by atoms with E-state index in [-0.39, 0.29) is 18.3 Å². The molecule has 0 fully saturated rings. The first-order valence-corrected chi connectivity index (χ1v) is 7.43. The number of hydrogen-bond donors (Lipinski definition) is 2. The maximum absolute atomic E-state index is 12.5. The van der Waals surface area contributed by atoms with Gasteiger partial charge in [0.2, 0.25) is 0 Å². The molecule has 3 rings (SSSR count). The summed E-state index contributed by atoms with van der Waals surface area (Å²) in [7, 11) is 0. The molecule has 0 heterocycles. The zero-order chi connectivity index (χ0) is 14.8. The van der Waals surface area contributed by atoms with Crippen molar-refractivity contribution in [3.8, 4) is 0 Å². The van der Waals surface area contributed by atoms with E-state index in [9.17, 15) is 4.79 Å². The highest BCUT2D eigenvalue weighted by Gasteiger charge is 2.16. The summed E-state index contributed by atoms with van der Waals surface area (Å²) >= 11 is 0. The highest BCUT2D eigenvalue weighted by molar-refractivity contribution is 6.06. The summed E-state index contributed by atoms with van der Waals surface area (Å²) in [6.07, 6.45) is 4.58. The Balaban J connectivity index is 0.00000176. The van der Waals surface area contributed by atoms with Crippen molar-refractivity contribution >= 4 is 29.7 Å². The van der Waals surface area contributed by atoms with Gasteiger partial charge in [0, 0.05) is 16.9 Å². The molecular formula is C18H21ClN2O. The molecule has 0 aromatic heterocycles. The molecule has 0 unspecified atom stereocenters. The van der Waals surface area contributed by atoms with Crippen LogP contribution in [-0.2, 0) is 12.8 Å². The topological polar surface area (TPSA) is 55.1 Å². The van der Waals surface area contributed by atoms with Crippen molar-refractivity contribution in [2.75, 3.05) is 11.1 Å². The van der Waals surface area contributed by atoms with Crippen LogP contribution in [0.25, 0.3) is 0 Å². The van der Waals surface area contributed by atoms with Crippen LogP contribution in [0.15, 0.2) is 36.4 Å². The van der Waals surface area contributed by atoms with Gasteiger partial charge in [-0.2, -0.15) is 0 Å². The third kappa shape index (κ3) is 3.25. The summed E-state index contributed by atoms with van der Waals surface area (Å²) in [5.41, 5.74) is 11.6.